The van der Waals surface area contributed by atoms with Crippen molar-refractivity contribution in [1.29, 1.82) is 0 Å². The Bertz CT molecular complexity index is 490. The molecular formula is C14H20N2O3S. The van der Waals surface area contributed by atoms with Crippen LogP contribution in [0.2, 0.25) is 0 Å². The number of hydrogen-bond donors (Lipinski definition) is 2. The molecule has 1 heterocycles. The van der Waals surface area contributed by atoms with Crippen molar-refractivity contribution in [1.82, 2.24) is 10.2 Å². The number of hydrogen-bond acceptors (Lipinski definition) is 3. The van der Waals surface area contributed by atoms with Crippen LogP contribution in [-0.2, 0) is 17.3 Å². The molecule has 20 heavy (non-hydrogen) atoms. The number of β-amino-alcohol motifs (C(OH)–C–C–N with tert-alkyl or cyclic N) is 1. The maximum atomic E-state index is 11.9. The average Bonchev–Trinajstić information content (AvgIpc) is 2.45. The van der Waals surface area contributed by atoms with Crippen LogP contribution in [0.25, 0.3) is 0 Å². The predicted molar refractivity (Wildman–Crippen MR) is 77.8 cm³/mol. The minimum atomic E-state index is -0.981. The van der Waals surface area contributed by atoms with E-state index >= 15 is 0 Å². The number of aliphatic hydroxyl groups excluding tert-OH is 1. The summed E-state index contributed by atoms with van der Waals surface area (Å²) in [5.41, 5.74) is 0.963. The second-order valence-corrected chi connectivity index (χ2v) is 6.38. The smallest absolute Gasteiger partial charge is 0.317 e. The van der Waals surface area contributed by atoms with Crippen molar-refractivity contribution in [3.8, 4) is 0 Å². The third kappa shape index (κ3) is 4.05. The molecule has 5 nitrogen and oxygen atoms in total. The van der Waals surface area contributed by atoms with Crippen LogP contribution in [0.15, 0.2) is 29.2 Å². The van der Waals surface area contributed by atoms with E-state index in [0.717, 1.165) is 23.3 Å². The van der Waals surface area contributed by atoms with Crippen molar-refractivity contribution in [2.75, 3.05) is 19.3 Å². The summed E-state index contributed by atoms with van der Waals surface area (Å²) in [5.74, 6) is 0. The quantitative estimate of drug-likeness (QED) is 0.877. The van der Waals surface area contributed by atoms with Gasteiger partial charge in [-0.3, -0.25) is 4.21 Å². The maximum absolute atomic E-state index is 11.9. The number of likely N-dealkylation sites (tertiary alicyclic amines) is 1. The van der Waals surface area contributed by atoms with E-state index in [0.29, 0.717) is 19.6 Å². The summed E-state index contributed by atoms with van der Waals surface area (Å²) in [6.45, 7) is 1.53. The number of urea groups is 1. The molecule has 1 aliphatic rings. The molecule has 2 atom stereocenters. The maximum Gasteiger partial charge on any atom is 0.317 e. The van der Waals surface area contributed by atoms with Gasteiger partial charge in [-0.25, -0.2) is 4.79 Å². The highest BCUT2D eigenvalue weighted by Crippen LogP contribution is 2.10. The minimum Gasteiger partial charge on any atom is -0.391 e. The van der Waals surface area contributed by atoms with Crippen molar-refractivity contribution in [2.45, 2.75) is 30.4 Å². The second kappa shape index (κ2) is 6.85. The number of nitrogens with one attached hydrogen (secondary N) is 1. The Balaban J connectivity index is 1.85. The minimum absolute atomic E-state index is 0.146. The number of carbonyl (C=O) groups excluding carboxylic acids is 1. The van der Waals surface area contributed by atoms with Gasteiger partial charge in [0.1, 0.15) is 0 Å². The van der Waals surface area contributed by atoms with Crippen molar-refractivity contribution < 1.29 is 14.1 Å². The summed E-state index contributed by atoms with van der Waals surface area (Å²) >= 11 is 0. The number of nitrogens with zero attached hydrogens (tertiary/aromatic N) is 1. The zero-order valence-corrected chi connectivity index (χ0v) is 12.4. The third-order valence-electron chi connectivity index (χ3n) is 3.38. The van der Waals surface area contributed by atoms with Crippen LogP contribution in [0.1, 0.15) is 18.4 Å². The lowest BCUT2D eigenvalue weighted by Crippen LogP contribution is -2.46. The summed E-state index contributed by atoms with van der Waals surface area (Å²) < 4.78 is 11.3. The van der Waals surface area contributed by atoms with Crippen LogP contribution in [0.4, 0.5) is 4.79 Å². The molecule has 0 aliphatic carbocycles. The summed E-state index contributed by atoms with van der Waals surface area (Å²) in [6.07, 6.45) is 2.83. The van der Waals surface area contributed by atoms with Gasteiger partial charge in [-0.2, -0.15) is 0 Å². The van der Waals surface area contributed by atoms with Crippen molar-refractivity contribution in [3.63, 3.8) is 0 Å². The Hall–Kier alpha value is -1.40. The van der Waals surface area contributed by atoms with E-state index in [1.165, 1.54) is 0 Å². The summed E-state index contributed by atoms with van der Waals surface area (Å²) in [5, 5.41) is 12.4. The monoisotopic (exact) mass is 296 g/mol. The molecule has 0 radical (unpaired) electrons. The van der Waals surface area contributed by atoms with Gasteiger partial charge >= 0.3 is 6.03 Å². The molecule has 0 aromatic heterocycles. The molecule has 1 aliphatic heterocycles. The Labute approximate surface area is 121 Å². The first kappa shape index (κ1) is 15.0. The summed E-state index contributed by atoms with van der Waals surface area (Å²) in [7, 11) is -0.981. The van der Waals surface area contributed by atoms with Crippen LogP contribution in [0.3, 0.4) is 0 Å². The van der Waals surface area contributed by atoms with Crippen LogP contribution >= 0.6 is 0 Å². The number of amides is 2. The third-order valence-corrected chi connectivity index (χ3v) is 4.32. The SMILES string of the molecule is CS(=O)c1ccc(CNC(=O)N2CCCC(O)C2)cc1. The Morgan fingerprint density at radius 2 is 2.15 bits per heavy atom. The number of aliphatic hydroxyl groups is 1. The fraction of sp³-hybridized carbons (Fsp3) is 0.500. The molecule has 2 unspecified atom stereocenters. The fourth-order valence-corrected chi connectivity index (χ4v) is 2.75. The fourth-order valence-electron chi connectivity index (χ4n) is 2.23. The lowest BCUT2D eigenvalue weighted by atomic mass is 10.1. The molecule has 2 amide bonds. The number of benzene rings is 1. The molecule has 0 bridgehead atoms. The number of carbonyl (C=O) groups is 1. The van der Waals surface area contributed by atoms with E-state index in [-0.39, 0.29) is 6.03 Å². The van der Waals surface area contributed by atoms with Gasteiger partial charge in [0, 0.05) is 41.6 Å². The Morgan fingerprint density at radius 1 is 1.45 bits per heavy atom. The highest BCUT2D eigenvalue weighted by molar-refractivity contribution is 7.84. The molecular weight excluding hydrogens is 276 g/mol. The second-order valence-electron chi connectivity index (χ2n) is 5.00. The normalized spacial score (nSPS) is 20.5. The van der Waals surface area contributed by atoms with E-state index in [1.54, 1.807) is 11.2 Å². The molecule has 0 spiro atoms. The number of piperidine rings is 1. The molecule has 110 valence electrons. The molecule has 1 fully saturated rings. The average molecular weight is 296 g/mol. The lowest BCUT2D eigenvalue weighted by molar-refractivity contribution is 0.0842. The van der Waals surface area contributed by atoms with Gasteiger partial charge in [-0.15, -0.1) is 0 Å². The molecule has 2 rings (SSSR count). The van der Waals surface area contributed by atoms with Crippen LogP contribution in [0, 0.1) is 0 Å². The largest absolute Gasteiger partial charge is 0.391 e. The van der Waals surface area contributed by atoms with Crippen molar-refractivity contribution in [3.05, 3.63) is 29.8 Å². The van der Waals surface area contributed by atoms with E-state index in [2.05, 4.69) is 5.32 Å². The highest BCUT2D eigenvalue weighted by atomic mass is 32.2. The Kier molecular flexibility index (Phi) is 5.14. The lowest BCUT2D eigenvalue weighted by Gasteiger charge is -2.30. The van der Waals surface area contributed by atoms with Crippen molar-refractivity contribution in [2.24, 2.45) is 0 Å². The molecule has 6 heteroatoms. The highest BCUT2D eigenvalue weighted by Gasteiger charge is 2.21. The molecule has 0 saturated carbocycles. The molecule has 1 aromatic carbocycles. The first-order chi connectivity index (χ1) is 9.56. The van der Waals surface area contributed by atoms with Crippen LogP contribution in [-0.4, -0.2) is 45.7 Å². The molecule has 1 saturated heterocycles. The predicted octanol–water partition coefficient (Wildman–Crippen LogP) is 1.09. The zero-order chi connectivity index (χ0) is 14.5. The topological polar surface area (TPSA) is 69.6 Å². The van der Waals surface area contributed by atoms with Gasteiger partial charge in [0.2, 0.25) is 0 Å². The van der Waals surface area contributed by atoms with Crippen LogP contribution < -0.4 is 5.32 Å². The van der Waals surface area contributed by atoms with Crippen LogP contribution in [0.5, 0.6) is 0 Å². The molecule has 1 aromatic rings. The first-order valence-corrected chi connectivity index (χ1v) is 8.25. The van der Waals surface area contributed by atoms with Gasteiger partial charge in [-0.05, 0) is 30.5 Å². The molecule has 2 N–H and O–H groups in total. The Morgan fingerprint density at radius 3 is 2.75 bits per heavy atom. The van der Waals surface area contributed by atoms with Gasteiger partial charge in [0.25, 0.3) is 0 Å². The van der Waals surface area contributed by atoms with Gasteiger partial charge in [-0.1, -0.05) is 12.1 Å². The van der Waals surface area contributed by atoms with Gasteiger partial charge < -0.3 is 15.3 Å². The van der Waals surface area contributed by atoms with Crippen molar-refractivity contribution >= 4 is 16.8 Å². The van der Waals surface area contributed by atoms with E-state index in [4.69, 9.17) is 0 Å². The van der Waals surface area contributed by atoms with Gasteiger partial charge in [0.05, 0.1) is 6.10 Å². The van der Waals surface area contributed by atoms with Gasteiger partial charge in [0.15, 0.2) is 0 Å². The van der Waals surface area contributed by atoms with E-state index in [9.17, 15) is 14.1 Å². The zero-order valence-electron chi connectivity index (χ0n) is 11.5. The number of rotatable bonds is 3. The van der Waals surface area contributed by atoms with E-state index in [1.807, 2.05) is 24.3 Å². The first-order valence-electron chi connectivity index (χ1n) is 6.69. The summed E-state index contributed by atoms with van der Waals surface area (Å²) in [6, 6.07) is 7.20. The standard InChI is InChI=1S/C14H20N2O3S/c1-20(19)13-6-4-11(5-7-13)9-15-14(18)16-8-2-3-12(17)10-16/h4-7,12,17H,2-3,8-10H2,1H3,(H,15,18). The van der Waals surface area contributed by atoms with E-state index < -0.39 is 16.9 Å². The summed E-state index contributed by atoms with van der Waals surface area (Å²) in [4.78, 5) is 14.4.